The first-order chi connectivity index (χ1) is 8.75. The van der Waals surface area contributed by atoms with Crippen LogP contribution in [0.25, 0.3) is 0 Å². The van der Waals surface area contributed by atoms with E-state index in [0.717, 1.165) is 5.56 Å². The van der Waals surface area contributed by atoms with E-state index in [9.17, 15) is 9.59 Å². The van der Waals surface area contributed by atoms with Gasteiger partial charge < -0.3 is 15.7 Å². The lowest BCUT2D eigenvalue weighted by molar-refractivity contribution is -0.137. The summed E-state index contributed by atoms with van der Waals surface area (Å²) in [7, 11) is 0. The minimum atomic E-state index is -0.834. The zero-order valence-corrected chi connectivity index (χ0v) is 12.7. The van der Waals surface area contributed by atoms with Crippen molar-refractivity contribution in [3.8, 4) is 0 Å². The number of halogens is 1. The number of hydrogen-bond acceptors (Lipinski definition) is 3. The van der Waals surface area contributed by atoms with Gasteiger partial charge >= 0.3 is 11.8 Å². The minimum absolute atomic E-state index is 0.250. The molecule has 6 heteroatoms. The van der Waals surface area contributed by atoms with E-state index in [1.54, 1.807) is 19.9 Å². The van der Waals surface area contributed by atoms with Crippen LogP contribution in [-0.2, 0) is 9.59 Å². The lowest BCUT2D eigenvalue weighted by atomic mass is 10.1. The van der Waals surface area contributed by atoms with E-state index in [2.05, 4.69) is 26.6 Å². The highest BCUT2D eigenvalue weighted by Gasteiger charge is 2.23. The van der Waals surface area contributed by atoms with E-state index in [1.165, 1.54) is 0 Å². The highest BCUT2D eigenvalue weighted by Crippen LogP contribution is 2.23. The van der Waals surface area contributed by atoms with Crippen LogP contribution in [0.1, 0.15) is 19.4 Å². The molecule has 0 saturated carbocycles. The summed E-state index contributed by atoms with van der Waals surface area (Å²) < 4.78 is 0.704. The summed E-state index contributed by atoms with van der Waals surface area (Å²) in [6.45, 7) is 4.92. The van der Waals surface area contributed by atoms with Gasteiger partial charge in [0.05, 0.1) is 17.8 Å². The summed E-state index contributed by atoms with van der Waals surface area (Å²) in [6.07, 6.45) is 0. The van der Waals surface area contributed by atoms with Crippen molar-refractivity contribution in [3.05, 3.63) is 28.2 Å². The Labute approximate surface area is 120 Å². The van der Waals surface area contributed by atoms with Crippen LogP contribution < -0.4 is 10.6 Å². The van der Waals surface area contributed by atoms with Gasteiger partial charge in [-0.25, -0.2) is 0 Å². The number of hydrogen-bond donors (Lipinski definition) is 3. The van der Waals surface area contributed by atoms with E-state index < -0.39 is 17.4 Å². The second-order valence-corrected chi connectivity index (χ2v) is 5.79. The monoisotopic (exact) mass is 328 g/mol. The van der Waals surface area contributed by atoms with Gasteiger partial charge in [0, 0.05) is 4.47 Å². The van der Waals surface area contributed by atoms with Gasteiger partial charge in [-0.05, 0) is 54.4 Å². The molecule has 1 rings (SSSR count). The Morgan fingerprint density at radius 2 is 1.95 bits per heavy atom. The maximum Gasteiger partial charge on any atom is 0.313 e. The SMILES string of the molecule is Cc1ccc(NC(=O)C(=O)NC(C)(C)CO)c(Br)c1. The van der Waals surface area contributed by atoms with Crippen molar-refractivity contribution in [3.63, 3.8) is 0 Å². The van der Waals surface area contributed by atoms with Crippen molar-refractivity contribution < 1.29 is 14.7 Å². The Bertz CT molecular complexity index is 501. The summed E-state index contributed by atoms with van der Waals surface area (Å²) in [5.41, 5.74) is 0.724. The average molecular weight is 329 g/mol. The van der Waals surface area contributed by atoms with E-state index in [0.29, 0.717) is 10.2 Å². The van der Waals surface area contributed by atoms with Gasteiger partial charge in [-0.3, -0.25) is 9.59 Å². The number of aliphatic hydroxyl groups excluding tert-OH is 1. The zero-order chi connectivity index (χ0) is 14.6. The van der Waals surface area contributed by atoms with Crippen molar-refractivity contribution in [2.24, 2.45) is 0 Å². The van der Waals surface area contributed by atoms with Crippen molar-refractivity contribution >= 4 is 33.4 Å². The number of rotatable bonds is 3. The molecule has 0 radical (unpaired) electrons. The zero-order valence-electron chi connectivity index (χ0n) is 11.1. The molecule has 0 aliphatic rings. The fourth-order valence-electron chi connectivity index (χ4n) is 1.30. The molecule has 0 unspecified atom stereocenters. The topological polar surface area (TPSA) is 78.4 Å². The average Bonchev–Trinajstić information content (AvgIpc) is 2.32. The standard InChI is InChI=1S/C13H17BrN2O3/c1-8-4-5-10(9(14)6-8)15-11(18)12(19)16-13(2,3)7-17/h4-6,17H,7H2,1-3H3,(H,15,18)(H,16,19). The summed E-state index contributed by atoms with van der Waals surface area (Å²) in [5.74, 6) is -1.56. The molecule has 0 aliphatic heterocycles. The summed E-state index contributed by atoms with van der Waals surface area (Å²) in [4.78, 5) is 23.4. The van der Waals surface area contributed by atoms with Crippen LogP contribution in [-0.4, -0.2) is 29.1 Å². The number of amides is 2. The Balaban J connectivity index is 2.72. The molecule has 1 aromatic carbocycles. The minimum Gasteiger partial charge on any atom is -0.394 e. The largest absolute Gasteiger partial charge is 0.394 e. The second-order valence-electron chi connectivity index (χ2n) is 4.93. The first-order valence-electron chi connectivity index (χ1n) is 5.76. The van der Waals surface area contributed by atoms with Crippen molar-refractivity contribution in [2.45, 2.75) is 26.3 Å². The maximum absolute atomic E-state index is 11.7. The molecule has 0 saturated heterocycles. The highest BCUT2D eigenvalue weighted by molar-refractivity contribution is 9.10. The number of carbonyl (C=O) groups excluding carboxylic acids is 2. The van der Waals surface area contributed by atoms with Crippen LogP contribution in [0.2, 0.25) is 0 Å². The van der Waals surface area contributed by atoms with Crippen LogP contribution in [0.15, 0.2) is 22.7 Å². The molecule has 0 aromatic heterocycles. The number of aryl methyl sites for hydroxylation is 1. The third-order valence-corrected chi connectivity index (χ3v) is 3.08. The van der Waals surface area contributed by atoms with Gasteiger partial charge in [0.2, 0.25) is 0 Å². The molecule has 104 valence electrons. The highest BCUT2D eigenvalue weighted by atomic mass is 79.9. The maximum atomic E-state index is 11.7. The lowest BCUT2D eigenvalue weighted by Crippen LogP contribution is -2.50. The third-order valence-electron chi connectivity index (χ3n) is 2.43. The molecule has 0 spiro atoms. The van der Waals surface area contributed by atoms with Gasteiger partial charge in [0.15, 0.2) is 0 Å². The number of benzene rings is 1. The summed E-state index contributed by atoms with van der Waals surface area (Å²) >= 11 is 3.31. The van der Waals surface area contributed by atoms with Crippen LogP contribution in [0.4, 0.5) is 5.69 Å². The van der Waals surface area contributed by atoms with E-state index in [1.807, 2.05) is 19.1 Å². The number of aliphatic hydroxyl groups is 1. The molecular formula is C13H17BrN2O3. The van der Waals surface area contributed by atoms with Crippen LogP contribution >= 0.6 is 15.9 Å². The first kappa shape index (κ1) is 15.7. The normalized spacial score (nSPS) is 11.0. The van der Waals surface area contributed by atoms with Crippen LogP contribution in [0.3, 0.4) is 0 Å². The fraction of sp³-hybridized carbons (Fsp3) is 0.385. The molecule has 0 bridgehead atoms. The van der Waals surface area contributed by atoms with Gasteiger partial charge in [0.25, 0.3) is 0 Å². The fourth-order valence-corrected chi connectivity index (χ4v) is 1.90. The quantitative estimate of drug-likeness (QED) is 0.737. The molecule has 0 aliphatic carbocycles. The molecule has 0 heterocycles. The molecule has 19 heavy (non-hydrogen) atoms. The van der Waals surface area contributed by atoms with Crippen molar-refractivity contribution in [1.29, 1.82) is 0 Å². The predicted octanol–water partition coefficient (Wildman–Crippen LogP) is 1.58. The van der Waals surface area contributed by atoms with Gasteiger partial charge in [-0.1, -0.05) is 6.07 Å². The molecule has 3 N–H and O–H groups in total. The molecular weight excluding hydrogens is 312 g/mol. The number of nitrogens with one attached hydrogen (secondary N) is 2. The van der Waals surface area contributed by atoms with E-state index >= 15 is 0 Å². The smallest absolute Gasteiger partial charge is 0.313 e. The molecule has 5 nitrogen and oxygen atoms in total. The molecule has 0 atom stereocenters. The molecule has 2 amide bonds. The Morgan fingerprint density at radius 3 is 2.47 bits per heavy atom. The van der Waals surface area contributed by atoms with Crippen molar-refractivity contribution in [2.75, 3.05) is 11.9 Å². The van der Waals surface area contributed by atoms with Crippen molar-refractivity contribution in [1.82, 2.24) is 5.32 Å². The Kier molecular flexibility index (Phi) is 5.08. The Morgan fingerprint density at radius 1 is 1.32 bits per heavy atom. The lowest BCUT2D eigenvalue weighted by Gasteiger charge is -2.22. The first-order valence-corrected chi connectivity index (χ1v) is 6.55. The summed E-state index contributed by atoms with van der Waals surface area (Å²) in [5, 5.41) is 14.0. The van der Waals surface area contributed by atoms with Crippen LogP contribution in [0.5, 0.6) is 0 Å². The van der Waals surface area contributed by atoms with Crippen LogP contribution in [0, 0.1) is 6.92 Å². The number of carbonyl (C=O) groups is 2. The van der Waals surface area contributed by atoms with E-state index in [-0.39, 0.29) is 6.61 Å². The second kappa shape index (κ2) is 6.16. The Hall–Kier alpha value is -1.40. The number of anilines is 1. The van der Waals surface area contributed by atoms with Gasteiger partial charge in [0.1, 0.15) is 0 Å². The van der Waals surface area contributed by atoms with E-state index in [4.69, 9.17) is 5.11 Å². The molecule has 0 fully saturated rings. The predicted molar refractivity (Wildman–Crippen MR) is 76.8 cm³/mol. The summed E-state index contributed by atoms with van der Waals surface area (Å²) in [6, 6.07) is 5.38. The molecule has 1 aromatic rings. The third kappa shape index (κ3) is 4.65. The van der Waals surface area contributed by atoms with Gasteiger partial charge in [-0.2, -0.15) is 0 Å². The van der Waals surface area contributed by atoms with Gasteiger partial charge in [-0.15, -0.1) is 0 Å².